The number of carbonyl (C=O) groups excluding carboxylic acids is 1. The highest BCUT2D eigenvalue weighted by Crippen LogP contribution is 2.39. The molecule has 1 amide bonds. The van der Waals surface area contributed by atoms with Gasteiger partial charge in [-0.15, -0.1) is 0 Å². The molecule has 0 bridgehead atoms. The molecule has 1 saturated carbocycles. The van der Waals surface area contributed by atoms with Crippen LogP contribution in [0.2, 0.25) is 0 Å². The number of carbonyl (C=O) groups is 1. The Balaban J connectivity index is 1.74. The molecule has 1 aromatic carbocycles. The third kappa shape index (κ3) is 3.64. The highest BCUT2D eigenvalue weighted by Gasteiger charge is 2.30. The number of hydrogen-bond acceptors (Lipinski definition) is 6. The minimum atomic E-state index is -2.51. The molecule has 0 radical (unpaired) electrons. The summed E-state index contributed by atoms with van der Waals surface area (Å²) < 4.78 is 16.9. The smallest absolute Gasteiger partial charge is 0.228 e. The van der Waals surface area contributed by atoms with Crippen molar-refractivity contribution in [1.82, 2.24) is 4.98 Å². The van der Waals surface area contributed by atoms with Crippen LogP contribution >= 0.6 is 0 Å². The molecule has 28 heavy (non-hydrogen) atoms. The number of nitrogens with one attached hydrogen (secondary N) is 2. The van der Waals surface area contributed by atoms with Crippen LogP contribution in [0.5, 0.6) is 0 Å². The molecule has 1 aliphatic heterocycles. The first-order valence-corrected chi connectivity index (χ1v) is 11.1. The van der Waals surface area contributed by atoms with Gasteiger partial charge in [-0.3, -0.25) is 9.79 Å². The van der Waals surface area contributed by atoms with E-state index in [-0.39, 0.29) is 11.8 Å². The van der Waals surface area contributed by atoms with Crippen LogP contribution in [0.25, 0.3) is 0 Å². The van der Waals surface area contributed by atoms with Gasteiger partial charge in [-0.25, -0.2) is 13.6 Å². The summed E-state index contributed by atoms with van der Waals surface area (Å²) in [6.07, 6.45) is 4.13. The van der Waals surface area contributed by atoms with Crippen molar-refractivity contribution in [2.24, 2.45) is 15.3 Å². The molecule has 1 aromatic heterocycles. The second kappa shape index (κ2) is 7.01. The summed E-state index contributed by atoms with van der Waals surface area (Å²) >= 11 is 0. The van der Waals surface area contributed by atoms with Gasteiger partial charge in [0.05, 0.1) is 31.7 Å². The van der Waals surface area contributed by atoms with Crippen LogP contribution in [0.1, 0.15) is 25.5 Å². The zero-order valence-corrected chi connectivity index (χ0v) is 17.0. The molecular formula is C20H23N5O2S. The summed E-state index contributed by atoms with van der Waals surface area (Å²) in [5, 5.41) is 6.27. The lowest BCUT2D eigenvalue weighted by Crippen LogP contribution is -2.15. The number of fused-ring (bicyclic) bond motifs is 1. The van der Waals surface area contributed by atoms with Gasteiger partial charge in [0.25, 0.3) is 0 Å². The maximum Gasteiger partial charge on any atom is 0.228 e. The molecule has 1 unspecified atom stereocenters. The highest BCUT2D eigenvalue weighted by molar-refractivity contribution is 7.93. The van der Waals surface area contributed by atoms with Crippen molar-refractivity contribution >= 4 is 44.2 Å². The van der Waals surface area contributed by atoms with Crippen molar-refractivity contribution < 1.29 is 9.00 Å². The lowest BCUT2D eigenvalue weighted by Gasteiger charge is -2.16. The number of anilines is 3. The normalized spacial score (nSPS) is 17.3. The number of amides is 1. The Bertz CT molecular complexity index is 1110. The molecular weight excluding hydrogens is 374 g/mol. The molecule has 2 heterocycles. The minimum absolute atomic E-state index is 0.01000. The van der Waals surface area contributed by atoms with E-state index in [0.29, 0.717) is 22.8 Å². The maximum absolute atomic E-state index is 12.8. The second-order valence-corrected chi connectivity index (χ2v) is 9.65. The fourth-order valence-electron chi connectivity index (χ4n) is 3.19. The van der Waals surface area contributed by atoms with Gasteiger partial charge in [0.2, 0.25) is 5.91 Å². The molecule has 2 N–H and O–H groups in total. The van der Waals surface area contributed by atoms with Crippen LogP contribution in [0, 0.1) is 5.92 Å². The van der Waals surface area contributed by atoms with Gasteiger partial charge in [0.1, 0.15) is 11.5 Å². The Morgan fingerprint density at radius 2 is 2.00 bits per heavy atom. The van der Waals surface area contributed by atoms with E-state index >= 15 is 0 Å². The maximum atomic E-state index is 12.8. The van der Waals surface area contributed by atoms with Gasteiger partial charge in [0.15, 0.2) is 0 Å². The number of para-hydroxylation sites is 1. The fraction of sp³-hybridized carbons (Fsp3) is 0.350. The van der Waals surface area contributed by atoms with Crippen LogP contribution in [0.4, 0.5) is 22.9 Å². The first-order valence-electron chi connectivity index (χ1n) is 9.22. The van der Waals surface area contributed by atoms with Crippen molar-refractivity contribution in [2.75, 3.05) is 23.9 Å². The molecule has 0 saturated heterocycles. The summed E-state index contributed by atoms with van der Waals surface area (Å²) in [5.41, 5.74) is 3.98. The molecule has 0 spiro atoms. The molecule has 1 atom stereocenters. The van der Waals surface area contributed by atoms with E-state index in [2.05, 4.69) is 25.0 Å². The second-order valence-electron chi connectivity index (χ2n) is 7.24. The molecule has 2 aliphatic rings. The van der Waals surface area contributed by atoms with Crippen LogP contribution in [-0.2, 0) is 20.9 Å². The molecule has 4 rings (SSSR count). The summed E-state index contributed by atoms with van der Waals surface area (Å²) in [5.74, 6) is 0.620. The van der Waals surface area contributed by atoms with Crippen LogP contribution < -0.4 is 10.6 Å². The predicted octanol–water partition coefficient (Wildman–Crippen LogP) is 3.91. The number of benzene rings is 1. The number of hydrogen-bond donors (Lipinski definition) is 2. The summed E-state index contributed by atoms with van der Waals surface area (Å²) in [6.45, 7) is 1.96. The van der Waals surface area contributed by atoms with Crippen LogP contribution in [-0.4, -0.2) is 34.1 Å². The number of rotatable bonds is 5. The zero-order chi connectivity index (χ0) is 19.9. The summed E-state index contributed by atoms with van der Waals surface area (Å²) in [7, 11) is -0.957. The average molecular weight is 398 g/mol. The van der Waals surface area contributed by atoms with Gasteiger partial charge < -0.3 is 10.6 Å². The van der Waals surface area contributed by atoms with E-state index in [9.17, 15) is 9.00 Å². The lowest BCUT2D eigenvalue weighted by molar-refractivity contribution is -0.117. The fourth-order valence-corrected chi connectivity index (χ4v) is 4.24. The van der Waals surface area contributed by atoms with Crippen molar-refractivity contribution in [3.63, 3.8) is 0 Å². The monoisotopic (exact) mass is 397 g/mol. The van der Waals surface area contributed by atoms with E-state index in [0.717, 1.165) is 35.6 Å². The van der Waals surface area contributed by atoms with E-state index < -0.39 is 9.73 Å². The number of aliphatic imine (C=N–C) groups is 1. The van der Waals surface area contributed by atoms with E-state index in [1.165, 1.54) is 0 Å². The van der Waals surface area contributed by atoms with Gasteiger partial charge in [-0.05, 0) is 31.9 Å². The zero-order valence-electron chi connectivity index (χ0n) is 16.2. The standard InChI is InChI=1S/C20H23N5O2S/c1-12-10-15-19(22-12)16(11-18(24-15)25-20(26)13-8-9-13)23-14-6-4-5-7-17(14)28(3,27)21-2/h4-7,11,13H,8-10H2,1-3H3,(H2,23,24,25,26). The van der Waals surface area contributed by atoms with Crippen molar-refractivity contribution in [3.8, 4) is 0 Å². The van der Waals surface area contributed by atoms with Crippen LogP contribution in [0.15, 0.2) is 44.6 Å². The quantitative estimate of drug-likeness (QED) is 0.799. The van der Waals surface area contributed by atoms with Gasteiger partial charge in [-0.2, -0.15) is 0 Å². The van der Waals surface area contributed by atoms with Crippen molar-refractivity contribution in [3.05, 3.63) is 36.0 Å². The van der Waals surface area contributed by atoms with Gasteiger partial charge in [-0.1, -0.05) is 12.1 Å². The number of nitrogens with zero attached hydrogens (tertiary/aromatic N) is 3. The Hall–Kier alpha value is -2.74. The molecule has 2 aromatic rings. The van der Waals surface area contributed by atoms with Crippen molar-refractivity contribution in [2.45, 2.75) is 31.1 Å². The largest absolute Gasteiger partial charge is 0.353 e. The molecule has 1 fully saturated rings. The van der Waals surface area contributed by atoms with Gasteiger partial charge >= 0.3 is 0 Å². The molecule has 7 nitrogen and oxygen atoms in total. The highest BCUT2D eigenvalue weighted by atomic mass is 32.2. The Morgan fingerprint density at radius 3 is 2.71 bits per heavy atom. The molecule has 8 heteroatoms. The van der Waals surface area contributed by atoms with Crippen LogP contribution in [0.3, 0.4) is 0 Å². The third-order valence-corrected chi connectivity index (χ3v) is 6.77. The number of pyridine rings is 1. The van der Waals surface area contributed by atoms with Gasteiger partial charge in [0, 0.05) is 37.4 Å². The summed E-state index contributed by atoms with van der Waals surface area (Å²) in [4.78, 5) is 22.0. The van der Waals surface area contributed by atoms with Crippen molar-refractivity contribution in [1.29, 1.82) is 0 Å². The topological polar surface area (TPSA) is 95.8 Å². The average Bonchev–Trinajstić information content (AvgIpc) is 3.44. The Labute approximate surface area is 164 Å². The number of aromatic nitrogens is 1. The van der Waals surface area contributed by atoms with E-state index in [4.69, 9.17) is 0 Å². The Morgan fingerprint density at radius 1 is 1.25 bits per heavy atom. The SMILES string of the molecule is CN=S(C)(=O)c1ccccc1Nc1cc(NC(=O)C2CC2)nc2c1N=C(C)C2. The first kappa shape index (κ1) is 18.6. The summed E-state index contributed by atoms with van der Waals surface area (Å²) in [6, 6.07) is 9.19. The van der Waals surface area contributed by atoms with E-state index in [1.807, 2.05) is 31.2 Å². The molecule has 146 valence electrons. The Kier molecular flexibility index (Phi) is 4.66. The third-order valence-electron chi connectivity index (χ3n) is 4.90. The minimum Gasteiger partial charge on any atom is -0.353 e. The molecule has 1 aliphatic carbocycles. The predicted molar refractivity (Wildman–Crippen MR) is 112 cm³/mol. The van der Waals surface area contributed by atoms with E-state index in [1.54, 1.807) is 19.4 Å². The lowest BCUT2D eigenvalue weighted by atomic mass is 10.2. The first-order chi connectivity index (χ1) is 13.4.